The minimum absolute atomic E-state index is 0.0384. The van der Waals surface area contributed by atoms with Crippen LogP contribution in [-0.4, -0.2) is 13.4 Å². The van der Waals surface area contributed by atoms with Gasteiger partial charge in [0, 0.05) is 10.3 Å². The molecular weight excluding hydrogens is 247 g/mol. The predicted molar refractivity (Wildman–Crippen MR) is 78.2 cm³/mol. The second kappa shape index (κ2) is 5.12. The molecule has 3 heteroatoms. The molecule has 0 saturated carbocycles. The summed E-state index contributed by atoms with van der Waals surface area (Å²) >= 11 is 1.70. The van der Waals surface area contributed by atoms with Crippen molar-refractivity contribution in [2.24, 2.45) is 0 Å². The minimum Gasteiger partial charge on any atom is -0.493 e. The molecule has 1 aromatic carbocycles. The number of ether oxygens (including phenoxy) is 1. The van der Waals surface area contributed by atoms with Gasteiger partial charge in [-0.25, -0.2) is 4.39 Å². The molecule has 0 atom stereocenters. The maximum Gasteiger partial charge on any atom is 0.165 e. The zero-order valence-electron chi connectivity index (χ0n) is 12.3. The monoisotopic (exact) mass is 270 g/mol. The molecule has 0 unspecified atom stereocenters. The fourth-order valence-electron chi connectivity index (χ4n) is 2.08. The molecule has 0 aliphatic heterocycles. The van der Waals surface area contributed by atoms with Crippen LogP contribution < -0.4 is 4.74 Å². The molecule has 18 heavy (non-hydrogen) atoms. The van der Waals surface area contributed by atoms with E-state index in [9.17, 15) is 4.39 Å². The molecule has 0 saturated heterocycles. The van der Waals surface area contributed by atoms with Crippen LogP contribution in [0.25, 0.3) is 0 Å². The van der Waals surface area contributed by atoms with Gasteiger partial charge in [0.1, 0.15) is 0 Å². The topological polar surface area (TPSA) is 9.23 Å². The molecule has 0 bridgehead atoms. The van der Waals surface area contributed by atoms with Crippen molar-refractivity contribution < 1.29 is 9.13 Å². The lowest BCUT2D eigenvalue weighted by molar-refractivity contribution is 0.374. The molecule has 0 fully saturated rings. The summed E-state index contributed by atoms with van der Waals surface area (Å²) in [6.45, 7) is 10.6. The molecule has 0 aliphatic rings. The highest BCUT2D eigenvalue weighted by Gasteiger charge is 2.32. The average Bonchev–Trinajstić information content (AvgIpc) is 2.26. The lowest BCUT2D eigenvalue weighted by Crippen LogP contribution is -2.23. The molecular formula is C15H23FOS. The molecule has 0 heterocycles. The van der Waals surface area contributed by atoms with Crippen LogP contribution >= 0.6 is 11.8 Å². The van der Waals surface area contributed by atoms with E-state index < -0.39 is 0 Å². The summed E-state index contributed by atoms with van der Waals surface area (Å²) < 4.78 is 19.1. The molecule has 1 aromatic rings. The minimum atomic E-state index is -0.289. The van der Waals surface area contributed by atoms with Gasteiger partial charge in [0.15, 0.2) is 11.6 Å². The van der Waals surface area contributed by atoms with E-state index >= 15 is 0 Å². The van der Waals surface area contributed by atoms with Gasteiger partial charge >= 0.3 is 0 Å². The van der Waals surface area contributed by atoms with Crippen molar-refractivity contribution in [3.8, 4) is 5.75 Å². The maximum atomic E-state index is 14.0. The number of hydrogen-bond acceptors (Lipinski definition) is 2. The molecule has 0 radical (unpaired) electrons. The number of halogens is 1. The SMILES string of the molecule is COc1c(F)ccc(C(C)(C)C)c1C(C)(C)SC. The normalized spacial score (nSPS) is 12.7. The van der Waals surface area contributed by atoms with Gasteiger partial charge in [0.25, 0.3) is 0 Å². The molecule has 1 rings (SSSR count). The Kier molecular flexibility index (Phi) is 4.37. The second-order valence-electron chi connectivity index (χ2n) is 5.97. The quantitative estimate of drug-likeness (QED) is 0.785. The maximum absolute atomic E-state index is 14.0. The van der Waals surface area contributed by atoms with Gasteiger partial charge < -0.3 is 4.74 Å². The van der Waals surface area contributed by atoms with Gasteiger partial charge in [0.2, 0.25) is 0 Å². The van der Waals surface area contributed by atoms with Crippen molar-refractivity contribution in [2.75, 3.05) is 13.4 Å². The molecule has 0 aromatic heterocycles. The van der Waals surface area contributed by atoms with Gasteiger partial charge in [0.05, 0.1) is 7.11 Å². The Morgan fingerprint density at radius 2 is 1.67 bits per heavy atom. The van der Waals surface area contributed by atoms with Gasteiger partial charge in [-0.1, -0.05) is 26.8 Å². The highest BCUT2D eigenvalue weighted by atomic mass is 32.2. The van der Waals surface area contributed by atoms with Crippen molar-refractivity contribution in [1.29, 1.82) is 0 Å². The Balaban J connectivity index is 3.65. The Labute approximate surface area is 114 Å². The number of benzene rings is 1. The van der Waals surface area contributed by atoms with Gasteiger partial charge in [-0.3, -0.25) is 0 Å². The van der Waals surface area contributed by atoms with Crippen LogP contribution in [0.15, 0.2) is 12.1 Å². The zero-order valence-corrected chi connectivity index (χ0v) is 13.2. The second-order valence-corrected chi connectivity index (χ2v) is 7.40. The van der Waals surface area contributed by atoms with Gasteiger partial charge in [-0.2, -0.15) is 11.8 Å². The summed E-state index contributed by atoms with van der Waals surface area (Å²) in [4.78, 5) is 0. The van der Waals surface area contributed by atoms with Gasteiger partial charge in [-0.05, 0) is 37.1 Å². The van der Waals surface area contributed by atoms with Crippen molar-refractivity contribution in [3.63, 3.8) is 0 Å². The summed E-state index contributed by atoms with van der Waals surface area (Å²) in [5.74, 6) is 0.0874. The first kappa shape index (κ1) is 15.4. The van der Waals surface area contributed by atoms with Crippen molar-refractivity contribution in [3.05, 3.63) is 29.1 Å². The Bertz CT molecular complexity index is 433. The third-order valence-electron chi connectivity index (χ3n) is 3.23. The summed E-state index contributed by atoms with van der Waals surface area (Å²) in [5, 5.41) is 0. The summed E-state index contributed by atoms with van der Waals surface area (Å²) in [7, 11) is 1.53. The van der Waals surface area contributed by atoms with Crippen molar-refractivity contribution in [2.45, 2.75) is 44.8 Å². The van der Waals surface area contributed by atoms with E-state index in [1.807, 2.05) is 12.3 Å². The van der Waals surface area contributed by atoms with E-state index in [4.69, 9.17) is 4.74 Å². The van der Waals surface area contributed by atoms with E-state index in [1.165, 1.54) is 13.2 Å². The largest absolute Gasteiger partial charge is 0.493 e. The Morgan fingerprint density at radius 3 is 2.06 bits per heavy atom. The number of rotatable bonds is 3. The van der Waals surface area contributed by atoms with Crippen molar-refractivity contribution in [1.82, 2.24) is 0 Å². The van der Waals surface area contributed by atoms with Crippen LogP contribution in [-0.2, 0) is 10.2 Å². The number of hydrogen-bond donors (Lipinski definition) is 0. The Morgan fingerprint density at radius 1 is 1.11 bits per heavy atom. The van der Waals surface area contributed by atoms with E-state index in [0.717, 1.165) is 11.1 Å². The van der Waals surface area contributed by atoms with E-state index in [-0.39, 0.29) is 16.0 Å². The van der Waals surface area contributed by atoms with Crippen LogP contribution in [0.1, 0.15) is 45.7 Å². The smallest absolute Gasteiger partial charge is 0.165 e. The fraction of sp³-hybridized carbons (Fsp3) is 0.600. The number of thioether (sulfide) groups is 1. The lowest BCUT2D eigenvalue weighted by atomic mass is 9.80. The predicted octanol–water partition coefficient (Wildman–Crippen LogP) is 4.73. The first-order valence-corrected chi connectivity index (χ1v) is 7.30. The molecule has 102 valence electrons. The van der Waals surface area contributed by atoms with Crippen molar-refractivity contribution >= 4 is 11.8 Å². The molecule has 0 aliphatic carbocycles. The fourth-order valence-corrected chi connectivity index (χ4v) is 2.49. The number of methoxy groups -OCH3 is 1. The first-order chi connectivity index (χ1) is 8.15. The van der Waals surface area contributed by atoms with Crippen LogP contribution in [0.2, 0.25) is 0 Å². The molecule has 1 nitrogen and oxygen atoms in total. The highest BCUT2D eigenvalue weighted by Crippen LogP contribution is 2.45. The molecule has 0 amide bonds. The third-order valence-corrected chi connectivity index (χ3v) is 4.46. The Hall–Kier alpha value is -0.700. The van der Waals surface area contributed by atoms with Crippen LogP contribution in [0.4, 0.5) is 4.39 Å². The summed E-state index contributed by atoms with van der Waals surface area (Å²) in [5.41, 5.74) is 2.06. The molecule has 0 N–H and O–H groups in total. The molecule has 0 spiro atoms. The van der Waals surface area contributed by atoms with Crippen LogP contribution in [0.3, 0.4) is 0 Å². The van der Waals surface area contributed by atoms with Crippen LogP contribution in [0.5, 0.6) is 5.75 Å². The van der Waals surface area contributed by atoms with E-state index in [0.29, 0.717) is 5.75 Å². The first-order valence-electron chi connectivity index (χ1n) is 6.07. The zero-order chi connectivity index (χ0) is 14.1. The third kappa shape index (κ3) is 2.82. The van der Waals surface area contributed by atoms with Gasteiger partial charge in [-0.15, -0.1) is 0 Å². The highest BCUT2D eigenvalue weighted by molar-refractivity contribution is 7.99. The van der Waals surface area contributed by atoms with Crippen LogP contribution in [0, 0.1) is 5.82 Å². The van der Waals surface area contributed by atoms with E-state index in [1.54, 1.807) is 11.8 Å². The standard InChI is InChI=1S/C15H23FOS/c1-14(2,3)10-8-9-11(16)13(17-6)12(10)15(4,5)18-7/h8-9H,1-7H3. The lowest BCUT2D eigenvalue weighted by Gasteiger charge is -2.33. The summed E-state index contributed by atoms with van der Waals surface area (Å²) in [6.07, 6.45) is 2.04. The van der Waals surface area contributed by atoms with E-state index in [2.05, 4.69) is 34.6 Å². The average molecular weight is 270 g/mol. The summed E-state index contributed by atoms with van der Waals surface area (Å²) in [6, 6.07) is 3.38.